The van der Waals surface area contributed by atoms with Crippen molar-refractivity contribution < 1.29 is 21.9 Å². The van der Waals surface area contributed by atoms with Crippen molar-refractivity contribution in [2.24, 2.45) is 0 Å². The molecule has 0 saturated heterocycles. The molecule has 0 radical (unpaired) electrons. The second kappa shape index (κ2) is 14.2. The van der Waals surface area contributed by atoms with Gasteiger partial charge in [0.15, 0.2) is 0 Å². The van der Waals surface area contributed by atoms with Crippen LogP contribution in [0.15, 0.2) is 0 Å². The molecule has 0 aromatic heterocycles. The Morgan fingerprint density at radius 3 is 0.556 bits per heavy atom. The molecule has 0 heterocycles. The Kier molecular flexibility index (Phi) is 46.3. The van der Waals surface area contributed by atoms with Gasteiger partial charge in [0.2, 0.25) is 0 Å². The number of halogens is 4. The van der Waals surface area contributed by atoms with Gasteiger partial charge in [-0.15, -0.1) is 0 Å². The van der Waals surface area contributed by atoms with Gasteiger partial charge < -0.3 is 21.9 Å². The summed E-state index contributed by atoms with van der Waals surface area (Å²) < 4.78 is -1.40. The first-order valence-electron chi connectivity index (χ1n) is 0.756. The fourth-order valence-corrected chi connectivity index (χ4v) is 0. The fraction of sp³-hybridized carbons (Fsp3) is 0. The van der Waals surface area contributed by atoms with Crippen molar-refractivity contribution in [1.29, 1.82) is 0 Å². The average molecular weight is 787 g/mol. The quantitative estimate of drug-likeness (QED) is 0.240. The molecule has 0 spiro atoms. The molecule has 0 aliphatic heterocycles. The molecule has 0 aliphatic rings. The van der Waals surface area contributed by atoms with E-state index in [0.29, 0.717) is 0 Å². The molecule has 0 rings (SSSR count). The van der Waals surface area contributed by atoms with Crippen LogP contribution in [0.3, 0.4) is 0 Å². The molecule has 0 aromatic carbocycles. The monoisotopic (exact) mass is 788 g/mol. The van der Waals surface area contributed by atoms with Crippen LogP contribution in [-0.4, -0.2) is 25.9 Å². The zero-order valence-electron chi connectivity index (χ0n) is 4.01. The SMILES string of the molecule is O.O.O.O.[I][Pb]([I])([I])[I]. The third-order valence-electron chi connectivity index (χ3n) is 0. The van der Waals surface area contributed by atoms with Gasteiger partial charge >= 0.3 is 75.0 Å². The molecule has 0 saturated carbocycles. The minimum atomic E-state index is -1.40. The van der Waals surface area contributed by atoms with Gasteiger partial charge in [-0.3, -0.25) is 0 Å². The van der Waals surface area contributed by atoms with Crippen LogP contribution in [-0.2, 0) is 0 Å². The number of hydrogen-bond donors (Lipinski definition) is 0. The number of hydrogen-bond acceptors (Lipinski definition) is 0. The van der Waals surface area contributed by atoms with E-state index in [1.807, 2.05) is 0 Å². The normalized spacial score (nSPS) is 6.67. The van der Waals surface area contributed by atoms with Crippen LogP contribution >= 0.6 is 71.0 Å². The average Bonchev–Trinajstić information content (AvgIpc) is 0.722. The molecular formula is H8I4O4Pb. The maximum atomic E-state index is 2.56. The van der Waals surface area contributed by atoms with Gasteiger partial charge in [0.1, 0.15) is 0 Å². The zero-order chi connectivity index (χ0) is 4.50. The Morgan fingerprint density at radius 2 is 0.556 bits per heavy atom. The fourth-order valence-electron chi connectivity index (χ4n) is 0. The molecule has 0 unspecified atom stereocenters. The second-order valence-corrected chi connectivity index (χ2v) is 169. The van der Waals surface area contributed by atoms with Crippen molar-refractivity contribution in [2.45, 2.75) is 0 Å². The van der Waals surface area contributed by atoms with Crippen molar-refractivity contribution in [2.75, 3.05) is 0 Å². The van der Waals surface area contributed by atoms with Crippen molar-refractivity contribution in [3.8, 4) is 0 Å². The first kappa shape index (κ1) is 29.3. The van der Waals surface area contributed by atoms with Gasteiger partial charge in [-0.25, -0.2) is 0 Å². The van der Waals surface area contributed by atoms with Gasteiger partial charge in [-0.05, 0) is 0 Å². The maximum absolute atomic E-state index is 2.56. The second-order valence-electron chi connectivity index (χ2n) is 0.429. The summed E-state index contributed by atoms with van der Waals surface area (Å²) in [6.45, 7) is 0. The van der Waals surface area contributed by atoms with E-state index in [1.54, 1.807) is 0 Å². The predicted octanol–water partition coefficient (Wildman–Crippen LogP) is -0.137. The molecule has 0 aromatic rings. The van der Waals surface area contributed by atoms with Crippen LogP contribution in [0.4, 0.5) is 0 Å². The van der Waals surface area contributed by atoms with E-state index >= 15 is 0 Å². The van der Waals surface area contributed by atoms with Crippen molar-refractivity contribution in [1.82, 2.24) is 0 Å². The van der Waals surface area contributed by atoms with Crippen molar-refractivity contribution >= 4 is 75.0 Å². The van der Waals surface area contributed by atoms with Crippen LogP contribution in [0.5, 0.6) is 0 Å². The first-order valence-corrected chi connectivity index (χ1v) is 44.5. The van der Waals surface area contributed by atoms with Crippen LogP contribution < -0.4 is 0 Å². The first-order chi connectivity index (χ1) is 2.00. The molecule has 0 bridgehead atoms. The van der Waals surface area contributed by atoms with Crippen LogP contribution in [0.1, 0.15) is 0 Å². The van der Waals surface area contributed by atoms with Gasteiger partial charge in [0.05, 0.1) is 0 Å². The molecular weight excluding hydrogens is 779 g/mol. The van der Waals surface area contributed by atoms with E-state index < -0.39 is 4.00 Å². The number of rotatable bonds is 0. The summed E-state index contributed by atoms with van der Waals surface area (Å²) in [6.07, 6.45) is 0. The molecule has 0 amide bonds. The molecule has 9 heteroatoms. The van der Waals surface area contributed by atoms with Crippen LogP contribution in [0.25, 0.3) is 0 Å². The van der Waals surface area contributed by atoms with E-state index in [1.165, 1.54) is 0 Å². The Balaban J connectivity index is -0.0000000133. The summed E-state index contributed by atoms with van der Waals surface area (Å²) in [7, 11) is 0. The Labute approximate surface area is 94.0 Å². The van der Waals surface area contributed by atoms with E-state index in [0.717, 1.165) is 0 Å². The summed E-state index contributed by atoms with van der Waals surface area (Å²) in [4.78, 5) is 0. The Hall–Kier alpha value is 3.68. The van der Waals surface area contributed by atoms with Crippen molar-refractivity contribution in [3.63, 3.8) is 0 Å². The summed E-state index contributed by atoms with van der Waals surface area (Å²) >= 11 is 10.2. The molecule has 9 heavy (non-hydrogen) atoms. The van der Waals surface area contributed by atoms with E-state index in [4.69, 9.17) is 0 Å². The summed E-state index contributed by atoms with van der Waals surface area (Å²) in [5.74, 6) is 0. The summed E-state index contributed by atoms with van der Waals surface area (Å²) in [5, 5.41) is 0. The molecule has 0 atom stereocenters. The third-order valence-corrected chi connectivity index (χ3v) is 0. The zero-order valence-corrected chi connectivity index (χ0v) is 16.5. The molecule has 0 fully saturated rings. The van der Waals surface area contributed by atoms with Crippen LogP contribution in [0.2, 0.25) is 0 Å². The Bertz CT molecular complexity index is 28.0. The molecule has 0 aliphatic carbocycles. The van der Waals surface area contributed by atoms with E-state index in [9.17, 15) is 0 Å². The third kappa shape index (κ3) is 80.8. The van der Waals surface area contributed by atoms with Gasteiger partial charge in [0, 0.05) is 0 Å². The standard InChI is InChI=1S/4HI.4H2O.Pb/h4*1H;4*1H2;/q;;;;;;;;+4/p-4. The molecule has 64 valence electrons. The van der Waals surface area contributed by atoms with E-state index in [2.05, 4.69) is 71.0 Å². The summed E-state index contributed by atoms with van der Waals surface area (Å²) in [6, 6.07) is 0. The molecule has 8 N–H and O–H groups in total. The molecule has 4 nitrogen and oxygen atoms in total. The van der Waals surface area contributed by atoms with E-state index in [-0.39, 0.29) is 21.9 Å². The van der Waals surface area contributed by atoms with Gasteiger partial charge in [-0.2, -0.15) is 0 Å². The summed E-state index contributed by atoms with van der Waals surface area (Å²) in [5.41, 5.74) is 0. The topological polar surface area (TPSA) is 126 Å². The van der Waals surface area contributed by atoms with Gasteiger partial charge in [0.25, 0.3) is 0 Å². The van der Waals surface area contributed by atoms with Crippen LogP contribution in [0, 0.1) is 0 Å². The van der Waals surface area contributed by atoms with Gasteiger partial charge in [-0.1, -0.05) is 0 Å². The minimum absolute atomic E-state index is 0. The predicted molar refractivity (Wildman–Crippen MR) is 76.3 cm³/mol. The Morgan fingerprint density at radius 1 is 0.556 bits per heavy atom. The van der Waals surface area contributed by atoms with Crippen molar-refractivity contribution in [3.05, 3.63) is 0 Å².